The molecule has 0 radical (unpaired) electrons. The molecule has 2 aromatic rings. The van der Waals surface area contributed by atoms with Gasteiger partial charge in [0.1, 0.15) is 0 Å². The van der Waals surface area contributed by atoms with E-state index in [4.69, 9.17) is 34.8 Å². The maximum atomic E-state index is 6.43. The Morgan fingerprint density at radius 2 is 1.83 bits per heavy atom. The van der Waals surface area contributed by atoms with Crippen LogP contribution in [0.1, 0.15) is 16.5 Å². The summed E-state index contributed by atoms with van der Waals surface area (Å²) in [5.74, 6) is 0. The van der Waals surface area contributed by atoms with Crippen LogP contribution in [-0.2, 0) is 6.42 Å². The summed E-state index contributed by atoms with van der Waals surface area (Å²) in [6.45, 7) is 0. The summed E-state index contributed by atoms with van der Waals surface area (Å²) in [5.41, 5.74) is 2.15. The standard InChI is InChI=1S/C12H7Br2Cl3S/c13-11-5-7(12(14)18-11)9(16)3-6-1-2-8(15)10(17)4-6/h1-2,4-5,9H,3H2. The summed E-state index contributed by atoms with van der Waals surface area (Å²) in [7, 11) is 0. The first-order valence-electron chi connectivity index (χ1n) is 5.00. The fraction of sp³-hybridized carbons (Fsp3) is 0.167. The molecule has 1 aromatic carbocycles. The van der Waals surface area contributed by atoms with Gasteiger partial charge in [-0.3, -0.25) is 0 Å². The van der Waals surface area contributed by atoms with E-state index < -0.39 is 0 Å². The monoisotopic (exact) mass is 446 g/mol. The number of thiophene rings is 1. The summed E-state index contributed by atoms with van der Waals surface area (Å²) in [5, 5.41) is 1.02. The SMILES string of the molecule is Clc1ccc(CC(Cl)c2cc(Br)sc2Br)cc1Cl. The van der Waals surface area contributed by atoms with E-state index in [1.807, 2.05) is 18.2 Å². The number of alkyl halides is 1. The van der Waals surface area contributed by atoms with Crippen LogP contribution in [0.2, 0.25) is 10.0 Å². The van der Waals surface area contributed by atoms with Crippen molar-refractivity contribution in [3.05, 3.63) is 53.0 Å². The first-order chi connectivity index (χ1) is 8.47. The minimum absolute atomic E-state index is 0.0980. The fourth-order valence-electron chi connectivity index (χ4n) is 1.55. The van der Waals surface area contributed by atoms with Crippen molar-refractivity contribution in [3.63, 3.8) is 0 Å². The Labute approximate surface area is 142 Å². The minimum atomic E-state index is -0.0980. The smallest absolute Gasteiger partial charge is 0.0757 e. The number of rotatable bonds is 3. The molecule has 0 bridgehead atoms. The molecule has 2 rings (SSSR count). The van der Waals surface area contributed by atoms with Gasteiger partial charge in [0, 0.05) is 0 Å². The molecule has 0 aliphatic carbocycles. The van der Waals surface area contributed by atoms with Crippen molar-refractivity contribution in [2.45, 2.75) is 11.8 Å². The summed E-state index contributed by atoms with van der Waals surface area (Å²) >= 11 is 26.9. The van der Waals surface area contributed by atoms with Gasteiger partial charge in [-0.25, -0.2) is 0 Å². The zero-order chi connectivity index (χ0) is 13.3. The lowest BCUT2D eigenvalue weighted by atomic mass is 10.1. The molecule has 0 saturated carbocycles. The van der Waals surface area contributed by atoms with E-state index in [9.17, 15) is 0 Å². The molecule has 18 heavy (non-hydrogen) atoms. The highest BCUT2D eigenvalue weighted by Gasteiger charge is 2.15. The molecular weight excluding hydrogens is 442 g/mol. The average Bonchev–Trinajstić information content (AvgIpc) is 2.63. The van der Waals surface area contributed by atoms with E-state index >= 15 is 0 Å². The zero-order valence-electron chi connectivity index (χ0n) is 8.89. The van der Waals surface area contributed by atoms with Crippen LogP contribution in [-0.4, -0.2) is 0 Å². The van der Waals surface area contributed by atoms with Crippen molar-refractivity contribution in [2.75, 3.05) is 0 Å². The van der Waals surface area contributed by atoms with Crippen LogP contribution in [0.25, 0.3) is 0 Å². The Morgan fingerprint density at radius 1 is 1.11 bits per heavy atom. The molecule has 1 aromatic heterocycles. The third-order valence-corrected chi connectivity index (χ3v) is 5.93. The third-order valence-electron chi connectivity index (χ3n) is 2.42. The lowest BCUT2D eigenvalue weighted by molar-refractivity contribution is 0.921. The van der Waals surface area contributed by atoms with Gasteiger partial charge in [-0.2, -0.15) is 0 Å². The van der Waals surface area contributed by atoms with Gasteiger partial charge in [-0.15, -0.1) is 22.9 Å². The third kappa shape index (κ3) is 3.65. The second kappa shape index (κ2) is 6.47. The van der Waals surface area contributed by atoms with E-state index in [0.717, 1.165) is 18.7 Å². The number of halogens is 5. The maximum absolute atomic E-state index is 6.43. The van der Waals surface area contributed by atoms with Gasteiger partial charge in [0.25, 0.3) is 0 Å². The van der Waals surface area contributed by atoms with Crippen molar-refractivity contribution in [3.8, 4) is 0 Å². The highest BCUT2D eigenvalue weighted by atomic mass is 79.9. The molecule has 0 nitrogen and oxygen atoms in total. The normalized spacial score (nSPS) is 12.7. The van der Waals surface area contributed by atoms with Crippen molar-refractivity contribution in [1.82, 2.24) is 0 Å². The van der Waals surface area contributed by atoms with E-state index in [1.54, 1.807) is 17.4 Å². The van der Waals surface area contributed by atoms with Crippen LogP contribution in [0.3, 0.4) is 0 Å². The van der Waals surface area contributed by atoms with Crippen molar-refractivity contribution < 1.29 is 0 Å². The van der Waals surface area contributed by atoms with E-state index in [1.165, 1.54) is 0 Å². The quantitative estimate of drug-likeness (QED) is 0.439. The van der Waals surface area contributed by atoms with Crippen LogP contribution in [0.15, 0.2) is 31.8 Å². The first kappa shape index (κ1) is 15.1. The zero-order valence-corrected chi connectivity index (χ0v) is 15.1. The molecule has 0 aliphatic rings. The average molecular weight is 449 g/mol. The lowest BCUT2D eigenvalue weighted by Crippen LogP contribution is -1.95. The largest absolute Gasteiger partial charge is 0.121 e. The molecule has 1 atom stereocenters. The Hall–Kier alpha value is 0.750. The minimum Gasteiger partial charge on any atom is -0.121 e. The lowest BCUT2D eigenvalue weighted by Gasteiger charge is -2.09. The molecule has 1 unspecified atom stereocenters. The van der Waals surface area contributed by atoms with Crippen LogP contribution >= 0.6 is 78.0 Å². The van der Waals surface area contributed by atoms with Gasteiger partial charge in [-0.1, -0.05) is 29.3 Å². The fourth-order valence-corrected chi connectivity index (χ4v) is 5.39. The molecule has 1 heterocycles. The molecule has 96 valence electrons. The van der Waals surface area contributed by atoms with Gasteiger partial charge < -0.3 is 0 Å². The molecule has 0 saturated heterocycles. The molecule has 0 N–H and O–H groups in total. The first-order valence-corrected chi connectivity index (χ1v) is 8.59. The van der Waals surface area contributed by atoms with Crippen LogP contribution in [0.4, 0.5) is 0 Å². The second-order valence-electron chi connectivity index (χ2n) is 3.70. The van der Waals surface area contributed by atoms with E-state index in [0.29, 0.717) is 16.5 Å². The maximum Gasteiger partial charge on any atom is 0.0757 e. The summed E-state index contributed by atoms with van der Waals surface area (Å²) < 4.78 is 2.11. The summed E-state index contributed by atoms with van der Waals surface area (Å²) in [6.07, 6.45) is 0.709. The number of benzene rings is 1. The predicted octanol–water partition coefficient (Wildman–Crippen LogP) is 7.10. The van der Waals surface area contributed by atoms with E-state index in [-0.39, 0.29) is 5.38 Å². The molecule has 0 amide bonds. The number of hydrogen-bond donors (Lipinski definition) is 0. The highest BCUT2D eigenvalue weighted by Crippen LogP contribution is 2.39. The van der Waals surface area contributed by atoms with Gasteiger partial charge in [0.05, 0.1) is 23.0 Å². The Balaban J connectivity index is 2.18. The second-order valence-corrected chi connectivity index (χ2v) is 8.79. The Morgan fingerprint density at radius 3 is 2.39 bits per heavy atom. The van der Waals surface area contributed by atoms with Crippen molar-refractivity contribution in [1.29, 1.82) is 0 Å². The van der Waals surface area contributed by atoms with Crippen LogP contribution < -0.4 is 0 Å². The number of hydrogen-bond acceptors (Lipinski definition) is 1. The van der Waals surface area contributed by atoms with Crippen molar-refractivity contribution >= 4 is 78.0 Å². The molecule has 0 spiro atoms. The van der Waals surface area contributed by atoms with Gasteiger partial charge in [0.15, 0.2) is 0 Å². The molecule has 6 heteroatoms. The Kier molecular flexibility index (Phi) is 5.44. The summed E-state index contributed by atoms with van der Waals surface area (Å²) in [6, 6.07) is 7.62. The van der Waals surface area contributed by atoms with Crippen LogP contribution in [0, 0.1) is 0 Å². The molecular formula is C12H7Br2Cl3S. The molecule has 0 fully saturated rings. The highest BCUT2D eigenvalue weighted by molar-refractivity contribution is 9.12. The van der Waals surface area contributed by atoms with E-state index in [2.05, 4.69) is 31.9 Å². The molecule has 0 aliphatic heterocycles. The van der Waals surface area contributed by atoms with Gasteiger partial charge >= 0.3 is 0 Å². The van der Waals surface area contributed by atoms with Gasteiger partial charge in [-0.05, 0) is 67.6 Å². The summed E-state index contributed by atoms with van der Waals surface area (Å²) in [4.78, 5) is 0. The predicted molar refractivity (Wildman–Crippen MR) is 88.5 cm³/mol. The topological polar surface area (TPSA) is 0 Å². The Bertz CT molecular complexity index is 568. The van der Waals surface area contributed by atoms with Crippen LogP contribution in [0.5, 0.6) is 0 Å². The van der Waals surface area contributed by atoms with Crippen molar-refractivity contribution in [2.24, 2.45) is 0 Å². The van der Waals surface area contributed by atoms with Gasteiger partial charge in [0.2, 0.25) is 0 Å².